The van der Waals surface area contributed by atoms with E-state index in [-0.39, 0.29) is 17.8 Å². The van der Waals surface area contributed by atoms with E-state index in [9.17, 15) is 9.50 Å². The normalized spacial score (nSPS) is 26.6. The van der Waals surface area contributed by atoms with Crippen molar-refractivity contribution in [2.24, 2.45) is 0 Å². The van der Waals surface area contributed by atoms with Crippen LogP contribution in [0.1, 0.15) is 37.2 Å². The van der Waals surface area contributed by atoms with Crippen molar-refractivity contribution in [3.8, 4) is 0 Å². The van der Waals surface area contributed by atoms with Crippen LogP contribution in [-0.4, -0.2) is 11.2 Å². The fourth-order valence-electron chi connectivity index (χ4n) is 2.21. The van der Waals surface area contributed by atoms with Crippen LogP contribution >= 0.6 is 11.6 Å². The van der Waals surface area contributed by atoms with Crippen LogP contribution in [0.25, 0.3) is 0 Å². The third kappa shape index (κ3) is 2.50. The van der Waals surface area contributed by atoms with Gasteiger partial charge in [-0.05, 0) is 55.4 Å². The molecule has 0 atom stereocenters. The van der Waals surface area contributed by atoms with E-state index in [4.69, 9.17) is 11.6 Å². The summed E-state index contributed by atoms with van der Waals surface area (Å²) >= 11 is 5.85. The fourth-order valence-corrected chi connectivity index (χ4v) is 2.39. The van der Waals surface area contributed by atoms with Gasteiger partial charge in [0.2, 0.25) is 0 Å². The molecule has 0 aliphatic heterocycles. The van der Waals surface area contributed by atoms with Crippen LogP contribution in [0.3, 0.4) is 0 Å². The van der Waals surface area contributed by atoms with Gasteiger partial charge in [0.15, 0.2) is 0 Å². The average molecular weight is 229 g/mol. The first kappa shape index (κ1) is 10.9. The maximum absolute atomic E-state index is 13.5. The summed E-state index contributed by atoms with van der Waals surface area (Å²) in [6, 6.07) is 4.69. The van der Waals surface area contributed by atoms with E-state index in [1.165, 1.54) is 6.07 Å². The van der Waals surface area contributed by atoms with Crippen molar-refractivity contribution >= 4 is 11.6 Å². The van der Waals surface area contributed by atoms with Crippen molar-refractivity contribution in [2.75, 3.05) is 0 Å². The Morgan fingerprint density at radius 2 is 1.87 bits per heavy atom. The zero-order chi connectivity index (χ0) is 10.8. The molecule has 1 fully saturated rings. The lowest BCUT2D eigenvalue weighted by Gasteiger charge is -2.26. The van der Waals surface area contributed by atoms with Crippen LogP contribution < -0.4 is 0 Å². The van der Waals surface area contributed by atoms with Crippen molar-refractivity contribution < 1.29 is 9.50 Å². The van der Waals surface area contributed by atoms with Crippen molar-refractivity contribution in [1.82, 2.24) is 0 Å². The molecule has 1 nitrogen and oxygen atoms in total. The minimum absolute atomic E-state index is 0.180. The van der Waals surface area contributed by atoms with Gasteiger partial charge in [0.25, 0.3) is 0 Å². The van der Waals surface area contributed by atoms with E-state index < -0.39 is 0 Å². The van der Waals surface area contributed by atoms with Crippen molar-refractivity contribution in [3.05, 3.63) is 34.6 Å². The van der Waals surface area contributed by atoms with Crippen molar-refractivity contribution in [1.29, 1.82) is 0 Å². The summed E-state index contributed by atoms with van der Waals surface area (Å²) in [5, 5.41) is 9.96. The molecule has 0 aromatic heterocycles. The molecule has 1 N–H and O–H groups in total. The van der Waals surface area contributed by atoms with Gasteiger partial charge in [-0.15, -0.1) is 0 Å². The van der Waals surface area contributed by atoms with Gasteiger partial charge in [-0.3, -0.25) is 0 Å². The highest BCUT2D eigenvalue weighted by Crippen LogP contribution is 2.35. The maximum Gasteiger partial charge on any atom is 0.126 e. The molecule has 0 bridgehead atoms. The van der Waals surface area contributed by atoms with Gasteiger partial charge in [0.05, 0.1) is 6.10 Å². The number of aliphatic hydroxyl groups is 1. The van der Waals surface area contributed by atoms with Gasteiger partial charge >= 0.3 is 0 Å². The predicted molar refractivity (Wildman–Crippen MR) is 58.6 cm³/mol. The Morgan fingerprint density at radius 3 is 2.53 bits per heavy atom. The smallest absolute Gasteiger partial charge is 0.126 e. The molecular weight excluding hydrogens is 215 g/mol. The maximum atomic E-state index is 13.5. The number of hydrogen-bond acceptors (Lipinski definition) is 1. The Bertz CT molecular complexity index is 345. The molecule has 0 radical (unpaired) electrons. The average Bonchev–Trinajstić information content (AvgIpc) is 2.23. The third-order valence-electron chi connectivity index (χ3n) is 3.09. The van der Waals surface area contributed by atoms with Gasteiger partial charge < -0.3 is 5.11 Å². The summed E-state index contributed by atoms with van der Waals surface area (Å²) in [5.74, 6) is 0.0351. The molecule has 1 aliphatic carbocycles. The molecule has 1 aliphatic rings. The van der Waals surface area contributed by atoms with E-state index in [0.717, 1.165) is 25.7 Å². The largest absolute Gasteiger partial charge is 0.393 e. The lowest BCUT2D eigenvalue weighted by Crippen LogP contribution is -2.17. The summed E-state index contributed by atoms with van der Waals surface area (Å²) in [7, 11) is 0. The second-order valence-electron chi connectivity index (χ2n) is 4.17. The molecule has 0 spiro atoms. The van der Waals surface area contributed by atoms with E-state index in [0.29, 0.717) is 10.6 Å². The first-order valence-corrected chi connectivity index (χ1v) is 5.67. The number of rotatable bonds is 1. The van der Waals surface area contributed by atoms with E-state index in [1.807, 2.05) is 0 Å². The first-order chi connectivity index (χ1) is 7.16. The summed E-state index contributed by atoms with van der Waals surface area (Å²) in [6.07, 6.45) is 3.01. The Labute approximate surface area is 93.9 Å². The minimum atomic E-state index is -0.205. The van der Waals surface area contributed by atoms with Crippen LogP contribution in [0, 0.1) is 5.82 Å². The molecule has 1 aromatic rings. The lowest BCUT2D eigenvalue weighted by atomic mass is 9.82. The molecule has 82 valence electrons. The van der Waals surface area contributed by atoms with Crippen molar-refractivity contribution in [3.63, 3.8) is 0 Å². The van der Waals surface area contributed by atoms with E-state index in [2.05, 4.69) is 0 Å². The van der Waals surface area contributed by atoms with Crippen molar-refractivity contribution in [2.45, 2.75) is 37.7 Å². The molecule has 0 saturated heterocycles. The van der Waals surface area contributed by atoms with Crippen LogP contribution in [0.4, 0.5) is 4.39 Å². The zero-order valence-electron chi connectivity index (χ0n) is 8.42. The molecule has 3 heteroatoms. The van der Waals surface area contributed by atoms with Crippen LogP contribution in [0.5, 0.6) is 0 Å². The topological polar surface area (TPSA) is 20.2 Å². The van der Waals surface area contributed by atoms with Gasteiger partial charge in [-0.2, -0.15) is 0 Å². The first-order valence-electron chi connectivity index (χ1n) is 5.30. The summed E-state index contributed by atoms with van der Waals surface area (Å²) in [5.41, 5.74) is 0.703. The van der Waals surface area contributed by atoms with E-state index >= 15 is 0 Å². The van der Waals surface area contributed by atoms with Gasteiger partial charge in [0.1, 0.15) is 5.82 Å². The molecule has 1 aromatic carbocycles. The quantitative estimate of drug-likeness (QED) is 0.780. The monoisotopic (exact) mass is 228 g/mol. The van der Waals surface area contributed by atoms with E-state index in [1.54, 1.807) is 12.1 Å². The summed E-state index contributed by atoms with van der Waals surface area (Å²) in [4.78, 5) is 0. The second-order valence-corrected chi connectivity index (χ2v) is 4.61. The van der Waals surface area contributed by atoms with Crippen LogP contribution in [-0.2, 0) is 0 Å². The highest BCUT2D eigenvalue weighted by molar-refractivity contribution is 6.30. The van der Waals surface area contributed by atoms with Gasteiger partial charge in [0, 0.05) is 5.02 Å². The minimum Gasteiger partial charge on any atom is -0.393 e. The SMILES string of the molecule is OC1CCC(c2cc(Cl)ccc2F)CC1. The highest BCUT2D eigenvalue weighted by Gasteiger charge is 2.23. The number of halogens is 2. The molecule has 15 heavy (non-hydrogen) atoms. The fraction of sp³-hybridized carbons (Fsp3) is 0.500. The summed E-state index contributed by atoms with van der Waals surface area (Å²) in [6.45, 7) is 0. The number of benzene rings is 1. The summed E-state index contributed by atoms with van der Waals surface area (Å²) < 4.78 is 13.5. The zero-order valence-corrected chi connectivity index (χ0v) is 9.17. The van der Waals surface area contributed by atoms with Gasteiger partial charge in [-0.1, -0.05) is 11.6 Å². The van der Waals surface area contributed by atoms with Gasteiger partial charge in [-0.25, -0.2) is 4.39 Å². The molecule has 0 unspecified atom stereocenters. The lowest BCUT2D eigenvalue weighted by molar-refractivity contribution is 0.122. The third-order valence-corrected chi connectivity index (χ3v) is 3.33. The molecule has 1 saturated carbocycles. The molecule has 0 amide bonds. The predicted octanol–water partition coefficient (Wildman–Crippen LogP) is 3.50. The number of hydrogen-bond donors (Lipinski definition) is 1. The highest BCUT2D eigenvalue weighted by atomic mass is 35.5. The molecular formula is C12H14ClFO. The Kier molecular flexibility index (Phi) is 3.27. The Hall–Kier alpha value is -0.600. The standard InChI is InChI=1S/C12H14ClFO/c13-9-3-6-12(14)11(7-9)8-1-4-10(15)5-2-8/h3,6-8,10,15H,1-2,4-5H2. The van der Waals surface area contributed by atoms with Crippen LogP contribution in [0.2, 0.25) is 5.02 Å². The number of aliphatic hydroxyl groups excluding tert-OH is 1. The molecule has 2 rings (SSSR count). The molecule has 0 heterocycles. The second kappa shape index (κ2) is 4.50. The Morgan fingerprint density at radius 1 is 1.20 bits per heavy atom. The van der Waals surface area contributed by atoms with Crippen LogP contribution in [0.15, 0.2) is 18.2 Å². The Balaban J connectivity index is 2.18.